The van der Waals surface area contributed by atoms with Gasteiger partial charge in [0.2, 0.25) is 5.91 Å². The van der Waals surface area contributed by atoms with Crippen LogP contribution in [-0.4, -0.2) is 45.2 Å². The molecule has 10 heteroatoms. The molecule has 212 valence electrons. The quantitative estimate of drug-likeness (QED) is 0.267. The zero-order valence-corrected chi connectivity index (χ0v) is 24.0. The van der Waals surface area contributed by atoms with Crippen molar-refractivity contribution in [3.8, 4) is 22.8 Å². The van der Waals surface area contributed by atoms with Gasteiger partial charge in [-0.05, 0) is 81.8 Å². The number of amides is 3. The van der Waals surface area contributed by atoms with Gasteiger partial charge in [-0.2, -0.15) is 5.10 Å². The second-order valence-electron chi connectivity index (χ2n) is 11.2. The first-order valence-electron chi connectivity index (χ1n) is 13.5. The average Bonchev–Trinajstić information content (AvgIpc) is 3.33. The van der Waals surface area contributed by atoms with E-state index in [4.69, 9.17) is 9.84 Å². The SMILES string of the molecule is CC(=O)Nc1cc(Oc2ccc(NC(=O)Nc3cn(C(C)(C)C)nc3-c3ccc4c(c3)CCN(C)C4)cc2)ccn1. The fourth-order valence-electron chi connectivity index (χ4n) is 4.61. The van der Waals surface area contributed by atoms with Crippen LogP contribution in [0.1, 0.15) is 38.8 Å². The van der Waals surface area contributed by atoms with Crippen LogP contribution in [0.15, 0.2) is 67.0 Å². The molecule has 0 radical (unpaired) electrons. The number of carbonyl (C=O) groups excluding carboxylic acids is 2. The summed E-state index contributed by atoms with van der Waals surface area (Å²) >= 11 is 0. The van der Waals surface area contributed by atoms with Gasteiger partial charge in [0.1, 0.15) is 23.0 Å². The van der Waals surface area contributed by atoms with Crippen molar-refractivity contribution in [2.24, 2.45) is 0 Å². The maximum Gasteiger partial charge on any atom is 0.323 e. The van der Waals surface area contributed by atoms with Crippen LogP contribution in [0.4, 0.5) is 22.0 Å². The van der Waals surface area contributed by atoms with Crippen LogP contribution in [-0.2, 0) is 23.3 Å². The second kappa shape index (κ2) is 11.4. The lowest BCUT2D eigenvalue weighted by atomic mass is 9.96. The molecule has 0 unspecified atom stereocenters. The van der Waals surface area contributed by atoms with Crippen molar-refractivity contribution in [1.29, 1.82) is 0 Å². The Morgan fingerprint density at radius 3 is 2.44 bits per heavy atom. The molecule has 0 saturated heterocycles. The Morgan fingerprint density at radius 2 is 1.71 bits per heavy atom. The number of carbonyl (C=O) groups is 2. The molecule has 3 amide bonds. The highest BCUT2D eigenvalue weighted by atomic mass is 16.5. The number of hydrogen-bond donors (Lipinski definition) is 3. The minimum absolute atomic E-state index is 0.211. The summed E-state index contributed by atoms with van der Waals surface area (Å²) in [6, 6.07) is 16.4. The first-order chi connectivity index (χ1) is 19.5. The molecule has 0 spiro atoms. The standard InChI is InChI=1S/C31H35N7O3/c1-20(39)33-28-17-26(12-14-32-28)41-25-10-8-24(9-11-25)34-30(40)35-27-19-38(31(2,3)4)36-29(27)22-6-7-23-18-37(5)15-13-21(23)16-22/h6-12,14,16-17,19H,13,15,18H2,1-5H3,(H,32,33,39)(H2,34,35,40). The maximum absolute atomic E-state index is 13.1. The summed E-state index contributed by atoms with van der Waals surface area (Å²) in [4.78, 5) is 30.7. The first kappa shape index (κ1) is 27.9. The predicted molar refractivity (Wildman–Crippen MR) is 160 cm³/mol. The van der Waals surface area contributed by atoms with Gasteiger partial charge < -0.3 is 25.6 Å². The summed E-state index contributed by atoms with van der Waals surface area (Å²) in [7, 11) is 2.13. The number of anilines is 3. The Labute approximate surface area is 239 Å². The Balaban J connectivity index is 1.29. The van der Waals surface area contributed by atoms with Crippen molar-refractivity contribution in [3.05, 3.63) is 78.1 Å². The van der Waals surface area contributed by atoms with Gasteiger partial charge in [0, 0.05) is 49.7 Å². The number of rotatable bonds is 6. The number of likely N-dealkylation sites (N-methyl/N-ethyl adjacent to an activating group) is 1. The summed E-state index contributed by atoms with van der Waals surface area (Å²) in [5.74, 6) is 1.29. The van der Waals surface area contributed by atoms with Gasteiger partial charge in [0.15, 0.2) is 0 Å². The molecule has 2 aromatic heterocycles. The molecule has 0 atom stereocenters. The Bertz CT molecular complexity index is 1570. The molecule has 0 saturated carbocycles. The molecule has 3 N–H and O–H groups in total. The topological polar surface area (TPSA) is 113 Å². The Morgan fingerprint density at radius 1 is 0.927 bits per heavy atom. The van der Waals surface area contributed by atoms with E-state index in [-0.39, 0.29) is 17.5 Å². The van der Waals surface area contributed by atoms with E-state index < -0.39 is 0 Å². The molecule has 10 nitrogen and oxygen atoms in total. The summed E-state index contributed by atoms with van der Waals surface area (Å²) in [5, 5.41) is 13.4. The monoisotopic (exact) mass is 553 g/mol. The summed E-state index contributed by atoms with van der Waals surface area (Å²) in [6.45, 7) is 9.60. The van der Waals surface area contributed by atoms with Gasteiger partial charge in [0.05, 0.1) is 11.2 Å². The van der Waals surface area contributed by atoms with Crippen molar-refractivity contribution >= 4 is 29.1 Å². The van der Waals surface area contributed by atoms with E-state index in [1.807, 2.05) is 10.9 Å². The number of hydrogen-bond acceptors (Lipinski definition) is 6. The Hall–Kier alpha value is -4.70. The van der Waals surface area contributed by atoms with Crippen molar-refractivity contribution in [2.45, 2.75) is 46.2 Å². The third kappa shape index (κ3) is 6.90. The third-order valence-corrected chi connectivity index (χ3v) is 6.72. The molecule has 4 aromatic rings. The van der Waals surface area contributed by atoms with Crippen molar-refractivity contribution in [1.82, 2.24) is 19.7 Å². The van der Waals surface area contributed by atoms with E-state index in [0.717, 1.165) is 30.8 Å². The number of nitrogens with zero attached hydrogens (tertiary/aromatic N) is 4. The molecule has 2 aromatic carbocycles. The third-order valence-electron chi connectivity index (χ3n) is 6.72. The highest BCUT2D eigenvalue weighted by molar-refractivity contribution is 6.01. The van der Waals surface area contributed by atoms with Crippen LogP contribution >= 0.6 is 0 Å². The summed E-state index contributed by atoms with van der Waals surface area (Å²) in [5.41, 5.74) is 5.35. The van der Waals surface area contributed by atoms with Crippen molar-refractivity contribution in [3.63, 3.8) is 0 Å². The molecule has 0 bridgehead atoms. The minimum Gasteiger partial charge on any atom is -0.457 e. The van der Waals surface area contributed by atoms with E-state index in [1.54, 1.807) is 42.6 Å². The molecule has 5 rings (SSSR count). The first-order valence-corrected chi connectivity index (χ1v) is 13.5. The summed E-state index contributed by atoms with van der Waals surface area (Å²) < 4.78 is 7.75. The van der Waals surface area contributed by atoms with E-state index >= 15 is 0 Å². The molecular weight excluding hydrogens is 518 g/mol. The van der Waals surface area contributed by atoms with Gasteiger partial charge in [-0.15, -0.1) is 0 Å². The van der Waals surface area contributed by atoms with Crippen LogP contribution in [0, 0.1) is 0 Å². The average molecular weight is 554 g/mol. The number of benzene rings is 2. The maximum atomic E-state index is 13.1. The van der Waals surface area contributed by atoms with Gasteiger partial charge in [-0.1, -0.05) is 12.1 Å². The van der Waals surface area contributed by atoms with Crippen LogP contribution in [0.25, 0.3) is 11.3 Å². The lowest BCUT2D eigenvalue weighted by Crippen LogP contribution is -2.26. The van der Waals surface area contributed by atoms with E-state index in [1.165, 1.54) is 18.1 Å². The van der Waals surface area contributed by atoms with Crippen LogP contribution in [0.3, 0.4) is 0 Å². The number of pyridine rings is 1. The second-order valence-corrected chi connectivity index (χ2v) is 11.2. The van der Waals surface area contributed by atoms with Gasteiger partial charge >= 0.3 is 6.03 Å². The van der Waals surface area contributed by atoms with Gasteiger partial charge in [-0.3, -0.25) is 9.48 Å². The fraction of sp³-hybridized carbons (Fsp3) is 0.290. The highest BCUT2D eigenvalue weighted by Gasteiger charge is 2.22. The number of nitrogens with one attached hydrogen (secondary N) is 3. The van der Waals surface area contributed by atoms with Crippen molar-refractivity contribution in [2.75, 3.05) is 29.5 Å². The number of fused-ring (bicyclic) bond motifs is 1. The number of ether oxygens (including phenoxy) is 1. The molecule has 1 aliphatic heterocycles. The molecule has 1 aliphatic rings. The largest absolute Gasteiger partial charge is 0.457 e. The lowest BCUT2D eigenvalue weighted by Gasteiger charge is -2.25. The Kier molecular flexibility index (Phi) is 7.76. The predicted octanol–water partition coefficient (Wildman–Crippen LogP) is 6.08. The molecular formula is C31H35N7O3. The molecule has 41 heavy (non-hydrogen) atoms. The zero-order valence-electron chi connectivity index (χ0n) is 24.0. The zero-order chi connectivity index (χ0) is 29.1. The fourth-order valence-corrected chi connectivity index (χ4v) is 4.61. The minimum atomic E-state index is -0.373. The number of urea groups is 1. The summed E-state index contributed by atoms with van der Waals surface area (Å²) in [6.07, 6.45) is 4.42. The van der Waals surface area contributed by atoms with Gasteiger partial charge in [0.25, 0.3) is 0 Å². The number of aromatic nitrogens is 3. The van der Waals surface area contributed by atoms with Crippen LogP contribution < -0.4 is 20.7 Å². The van der Waals surface area contributed by atoms with E-state index in [0.29, 0.717) is 28.7 Å². The molecule has 3 heterocycles. The van der Waals surface area contributed by atoms with Crippen LogP contribution in [0.5, 0.6) is 11.5 Å². The normalized spacial score (nSPS) is 13.3. The highest BCUT2D eigenvalue weighted by Crippen LogP contribution is 2.32. The van der Waals surface area contributed by atoms with E-state index in [2.05, 4.69) is 71.9 Å². The smallest absolute Gasteiger partial charge is 0.323 e. The van der Waals surface area contributed by atoms with Gasteiger partial charge in [-0.25, -0.2) is 9.78 Å². The van der Waals surface area contributed by atoms with Crippen molar-refractivity contribution < 1.29 is 14.3 Å². The van der Waals surface area contributed by atoms with Crippen LogP contribution in [0.2, 0.25) is 0 Å². The molecule has 0 aliphatic carbocycles. The lowest BCUT2D eigenvalue weighted by molar-refractivity contribution is -0.114. The molecule has 0 fully saturated rings. The van der Waals surface area contributed by atoms with E-state index in [9.17, 15) is 9.59 Å².